The third-order valence-electron chi connectivity index (χ3n) is 3.57. The maximum absolute atomic E-state index is 13.0. The molecule has 1 aliphatic heterocycles. The largest absolute Gasteiger partial charge is 0.493 e. The van der Waals surface area contributed by atoms with Crippen molar-refractivity contribution in [2.45, 2.75) is 18.8 Å². The van der Waals surface area contributed by atoms with Crippen LogP contribution in [0, 0.1) is 5.82 Å². The molecule has 3 rings (SSSR count). The highest BCUT2D eigenvalue weighted by Crippen LogP contribution is 2.21. The maximum atomic E-state index is 13.0. The van der Waals surface area contributed by atoms with Crippen molar-refractivity contribution < 1.29 is 9.13 Å². The van der Waals surface area contributed by atoms with Gasteiger partial charge in [-0.2, -0.15) is 5.10 Å². The van der Waals surface area contributed by atoms with Gasteiger partial charge in [-0.1, -0.05) is 6.07 Å². The van der Waals surface area contributed by atoms with E-state index in [9.17, 15) is 4.39 Å². The number of aromatic nitrogens is 2. The molecule has 0 radical (unpaired) electrons. The van der Waals surface area contributed by atoms with Crippen LogP contribution >= 0.6 is 0 Å². The van der Waals surface area contributed by atoms with Crippen LogP contribution in [0.1, 0.15) is 23.7 Å². The molecular formula is C15H18FN3O. The number of ether oxygens (including phenoxy) is 1. The van der Waals surface area contributed by atoms with Gasteiger partial charge < -0.3 is 10.1 Å². The highest BCUT2D eigenvalue weighted by molar-refractivity contribution is 5.22. The number of rotatable bonds is 5. The van der Waals surface area contributed by atoms with Crippen LogP contribution in [0.2, 0.25) is 0 Å². The van der Waals surface area contributed by atoms with Crippen molar-refractivity contribution in [2.24, 2.45) is 0 Å². The highest BCUT2D eigenvalue weighted by atomic mass is 19.1. The van der Waals surface area contributed by atoms with Gasteiger partial charge in [0.1, 0.15) is 11.6 Å². The van der Waals surface area contributed by atoms with Gasteiger partial charge in [0.15, 0.2) is 0 Å². The molecule has 1 atom stereocenters. The number of nitrogens with one attached hydrogen (secondary N) is 2. The molecule has 2 aromatic rings. The number of aromatic amines is 1. The molecule has 2 N–H and O–H groups in total. The number of hydrogen-bond donors (Lipinski definition) is 2. The molecule has 1 aromatic heterocycles. The molecule has 0 amide bonds. The molecule has 1 unspecified atom stereocenters. The normalized spacial score (nSPS) is 18.4. The fourth-order valence-electron chi connectivity index (χ4n) is 2.46. The molecule has 0 saturated carbocycles. The first-order valence-corrected chi connectivity index (χ1v) is 6.94. The Kier molecular flexibility index (Phi) is 3.97. The Morgan fingerprint density at radius 1 is 1.35 bits per heavy atom. The molecule has 0 aliphatic carbocycles. The van der Waals surface area contributed by atoms with Gasteiger partial charge in [-0.05, 0) is 31.2 Å². The Labute approximate surface area is 117 Å². The van der Waals surface area contributed by atoms with Crippen LogP contribution in [0.4, 0.5) is 4.39 Å². The molecule has 4 nitrogen and oxygen atoms in total. The lowest BCUT2D eigenvalue weighted by molar-refractivity contribution is 0.319. The molecular weight excluding hydrogens is 257 g/mol. The van der Waals surface area contributed by atoms with Crippen LogP contribution in [0.25, 0.3) is 0 Å². The van der Waals surface area contributed by atoms with Crippen LogP contribution in [0.15, 0.2) is 30.3 Å². The van der Waals surface area contributed by atoms with Gasteiger partial charge in [-0.15, -0.1) is 0 Å². The van der Waals surface area contributed by atoms with Gasteiger partial charge in [0.05, 0.1) is 12.3 Å². The fraction of sp³-hybridized carbons (Fsp3) is 0.400. The summed E-state index contributed by atoms with van der Waals surface area (Å²) < 4.78 is 18.5. The van der Waals surface area contributed by atoms with Crippen LogP contribution < -0.4 is 10.1 Å². The zero-order chi connectivity index (χ0) is 13.8. The van der Waals surface area contributed by atoms with Crippen LogP contribution in [-0.4, -0.2) is 29.9 Å². The van der Waals surface area contributed by atoms with Gasteiger partial charge in [-0.25, -0.2) is 4.39 Å². The van der Waals surface area contributed by atoms with Crippen LogP contribution in [0.3, 0.4) is 0 Å². The predicted octanol–water partition coefficient (Wildman–Crippen LogP) is 2.25. The van der Waals surface area contributed by atoms with E-state index < -0.39 is 0 Å². The number of nitrogens with zero attached hydrogens (tertiary/aromatic N) is 1. The predicted molar refractivity (Wildman–Crippen MR) is 74.4 cm³/mol. The van der Waals surface area contributed by atoms with E-state index in [1.165, 1.54) is 12.1 Å². The lowest BCUT2D eigenvalue weighted by Gasteiger charge is -2.04. The highest BCUT2D eigenvalue weighted by Gasteiger charge is 2.19. The average molecular weight is 275 g/mol. The minimum atomic E-state index is -0.278. The molecule has 1 aliphatic rings. The molecule has 0 spiro atoms. The van der Waals surface area contributed by atoms with Gasteiger partial charge in [0.2, 0.25) is 0 Å². The van der Waals surface area contributed by atoms with E-state index in [1.807, 2.05) is 0 Å². The van der Waals surface area contributed by atoms with E-state index in [4.69, 9.17) is 4.74 Å². The molecule has 20 heavy (non-hydrogen) atoms. The summed E-state index contributed by atoms with van der Waals surface area (Å²) in [4.78, 5) is 0. The van der Waals surface area contributed by atoms with E-state index in [2.05, 4.69) is 21.6 Å². The maximum Gasteiger partial charge on any atom is 0.126 e. The van der Waals surface area contributed by atoms with Gasteiger partial charge >= 0.3 is 0 Å². The van der Waals surface area contributed by atoms with Crippen molar-refractivity contribution in [3.05, 3.63) is 47.5 Å². The Morgan fingerprint density at radius 3 is 3.10 bits per heavy atom. The first-order valence-electron chi connectivity index (χ1n) is 6.94. The van der Waals surface area contributed by atoms with Crippen molar-refractivity contribution in [1.29, 1.82) is 0 Å². The van der Waals surface area contributed by atoms with Crippen LogP contribution in [-0.2, 0) is 6.42 Å². The lowest BCUT2D eigenvalue weighted by atomic mass is 10.0. The molecule has 5 heteroatoms. The van der Waals surface area contributed by atoms with Gasteiger partial charge in [0, 0.05) is 30.6 Å². The Balaban J connectivity index is 1.51. The molecule has 1 aromatic carbocycles. The van der Waals surface area contributed by atoms with Crippen molar-refractivity contribution in [1.82, 2.24) is 15.5 Å². The van der Waals surface area contributed by atoms with Crippen molar-refractivity contribution in [3.8, 4) is 5.75 Å². The Bertz CT molecular complexity index is 564. The summed E-state index contributed by atoms with van der Waals surface area (Å²) in [5.41, 5.74) is 2.18. The molecule has 1 fully saturated rings. The van der Waals surface area contributed by atoms with Gasteiger partial charge in [0.25, 0.3) is 0 Å². The SMILES string of the molecule is Fc1cccc(OCCc2cc(C3CCNC3)n[nH]2)c1. The average Bonchev–Trinajstić information content (AvgIpc) is 3.09. The van der Waals surface area contributed by atoms with Crippen molar-refractivity contribution >= 4 is 0 Å². The van der Waals surface area contributed by atoms with Crippen molar-refractivity contribution in [3.63, 3.8) is 0 Å². The standard InChI is InChI=1S/C15H18FN3O/c16-12-2-1-3-14(8-12)20-7-5-13-9-15(19-18-13)11-4-6-17-10-11/h1-3,8-9,11,17H,4-7,10H2,(H,18,19). The van der Waals surface area contributed by atoms with Crippen LogP contribution in [0.5, 0.6) is 5.75 Å². The third-order valence-corrected chi connectivity index (χ3v) is 3.57. The number of halogens is 1. The van der Waals surface area contributed by atoms with E-state index in [-0.39, 0.29) is 5.82 Å². The molecule has 1 saturated heterocycles. The second-order valence-electron chi connectivity index (χ2n) is 5.06. The zero-order valence-corrected chi connectivity index (χ0v) is 11.2. The minimum absolute atomic E-state index is 0.278. The Morgan fingerprint density at radius 2 is 2.30 bits per heavy atom. The summed E-state index contributed by atoms with van der Waals surface area (Å²) in [7, 11) is 0. The summed E-state index contributed by atoms with van der Waals surface area (Å²) in [5, 5.41) is 10.7. The second kappa shape index (κ2) is 6.05. The topological polar surface area (TPSA) is 49.9 Å². The first kappa shape index (κ1) is 13.1. The summed E-state index contributed by atoms with van der Waals surface area (Å²) in [6.07, 6.45) is 1.88. The molecule has 0 bridgehead atoms. The first-order chi connectivity index (χ1) is 9.81. The second-order valence-corrected chi connectivity index (χ2v) is 5.06. The monoisotopic (exact) mass is 275 g/mol. The number of benzene rings is 1. The van der Waals surface area contributed by atoms with E-state index >= 15 is 0 Å². The van der Waals surface area contributed by atoms with E-state index in [0.717, 1.165) is 37.3 Å². The zero-order valence-electron chi connectivity index (χ0n) is 11.2. The summed E-state index contributed by atoms with van der Waals surface area (Å²) in [6.45, 7) is 2.58. The molecule has 106 valence electrons. The number of hydrogen-bond acceptors (Lipinski definition) is 3. The smallest absolute Gasteiger partial charge is 0.126 e. The summed E-state index contributed by atoms with van der Waals surface area (Å²) in [5.74, 6) is 0.800. The van der Waals surface area contributed by atoms with Crippen molar-refractivity contribution in [2.75, 3.05) is 19.7 Å². The van der Waals surface area contributed by atoms with E-state index in [0.29, 0.717) is 18.3 Å². The summed E-state index contributed by atoms with van der Waals surface area (Å²) in [6, 6.07) is 8.30. The van der Waals surface area contributed by atoms with E-state index in [1.54, 1.807) is 12.1 Å². The molecule has 2 heterocycles. The third kappa shape index (κ3) is 3.17. The minimum Gasteiger partial charge on any atom is -0.493 e. The lowest BCUT2D eigenvalue weighted by Crippen LogP contribution is -2.08. The quantitative estimate of drug-likeness (QED) is 0.880. The fourth-order valence-corrected chi connectivity index (χ4v) is 2.46. The number of H-pyrrole nitrogens is 1. The van der Waals surface area contributed by atoms with Gasteiger partial charge in [-0.3, -0.25) is 5.10 Å². The summed E-state index contributed by atoms with van der Waals surface area (Å²) >= 11 is 0. The Hall–Kier alpha value is -1.88.